The lowest BCUT2D eigenvalue weighted by atomic mass is 10.2. The zero-order chi connectivity index (χ0) is 17.5. The molecule has 2 aromatic rings. The van der Waals surface area contributed by atoms with E-state index in [1.165, 1.54) is 0 Å². The molecule has 0 aliphatic rings. The summed E-state index contributed by atoms with van der Waals surface area (Å²) in [4.78, 5) is 0. The van der Waals surface area contributed by atoms with Crippen LogP contribution in [0.2, 0.25) is 5.02 Å². The lowest BCUT2D eigenvalue weighted by Crippen LogP contribution is -2.31. The Morgan fingerprint density at radius 1 is 1.42 bits per heavy atom. The Balaban J connectivity index is 2.10. The van der Waals surface area contributed by atoms with E-state index >= 15 is 0 Å². The zero-order valence-corrected chi connectivity index (χ0v) is 15.3. The summed E-state index contributed by atoms with van der Waals surface area (Å²) in [5, 5.41) is 12.9. The van der Waals surface area contributed by atoms with Crippen LogP contribution in [0.15, 0.2) is 42.0 Å². The van der Waals surface area contributed by atoms with Crippen LogP contribution in [0.5, 0.6) is 0 Å². The molecule has 0 atom stereocenters. The van der Waals surface area contributed by atoms with Crippen molar-refractivity contribution >= 4 is 35.1 Å². The molecule has 0 saturated heterocycles. The van der Waals surface area contributed by atoms with Crippen LogP contribution in [0, 0.1) is 13.8 Å². The fraction of sp³-hybridized carbons (Fsp3) is 0.235. The lowest BCUT2D eigenvalue weighted by molar-refractivity contribution is 0.659. The first-order chi connectivity index (χ1) is 11.5. The van der Waals surface area contributed by atoms with E-state index in [1.807, 2.05) is 42.8 Å². The molecule has 7 heteroatoms. The van der Waals surface area contributed by atoms with Gasteiger partial charge < -0.3 is 5.32 Å². The molecular formula is C17H20ClN5S. The van der Waals surface area contributed by atoms with E-state index in [4.69, 9.17) is 23.8 Å². The van der Waals surface area contributed by atoms with Crippen LogP contribution in [0.1, 0.15) is 22.5 Å². The number of aromatic nitrogens is 2. The molecule has 2 N–H and O–H groups in total. The molecule has 1 aromatic heterocycles. The molecule has 2 rings (SSSR count). The molecule has 0 aliphatic carbocycles. The van der Waals surface area contributed by atoms with Gasteiger partial charge in [-0.3, -0.25) is 10.1 Å². The van der Waals surface area contributed by atoms with Gasteiger partial charge >= 0.3 is 0 Å². The summed E-state index contributed by atoms with van der Waals surface area (Å²) in [5.74, 6) is 0. The van der Waals surface area contributed by atoms with Gasteiger partial charge in [0.25, 0.3) is 0 Å². The first-order valence-corrected chi connectivity index (χ1v) is 8.26. The van der Waals surface area contributed by atoms with Crippen molar-refractivity contribution in [2.75, 3.05) is 6.54 Å². The highest BCUT2D eigenvalue weighted by Gasteiger charge is 2.11. The number of nitrogens with one attached hydrogen (secondary N) is 2. The Morgan fingerprint density at radius 2 is 2.17 bits per heavy atom. The van der Waals surface area contributed by atoms with Gasteiger partial charge in [0, 0.05) is 22.8 Å². The van der Waals surface area contributed by atoms with Crippen molar-refractivity contribution in [2.45, 2.75) is 20.4 Å². The lowest BCUT2D eigenvalue weighted by Gasteiger charge is -2.06. The van der Waals surface area contributed by atoms with E-state index in [-0.39, 0.29) is 0 Å². The topological polar surface area (TPSA) is 54.2 Å². The highest BCUT2D eigenvalue weighted by atomic mass is 35.5. The van der Waals surface area contributed by atoms with Gasteiger partial charge in [-0.2, -0.15) is 10.2 Å². The molecule has 0 aliphatic heterocycles. The number of hydrogen-bond acceptors (Lipinski definition) is 3. The molecule has 0 amide bonds. The van der Waals surface area contributed by atoms with Gasteiger partial charge in [-0.1, -0.05) is 35.9 Å². The minimum absolute atomic E-state index is 0.449. The van der Waals surface area contributed by atoms with Gasteiger partial charge in [-0.15, -0.1) is 6.58 Å². The fourth-order valence-corrected chi connectivity index (χ4v) is 2.53. The van der Waals surface area contributed by atoms with Gasteiger partial charge in [0.15, 0.2) is 5.11 Å². The molecule has 0 saturated carbocycles. The summed E-state index contributed by atoms with van der Waals surface area (Å²) in [6.45, 7) is 8.79. The van der Waals surface area contributed by atoms with Crippen LogP contribution in [0.25, 0.3) is 0 Å². The maximum absolute atomic E-state index is 6.23. The highest BCUT2D eigenvalue weighted by molar-refractivity contribution is 7.80. The van der Waals surface area contributed by atoms with E-state index in [0.29, 0.717) is 18.2 Å². The van der Waals surface area contributed by atoms with Crippen LogP contribution in [0.4, 0.5) is 0 Å². The SMILES string of the molecule is C=CCNC(=S)N/N=C\c1c(C)nn(Cc2ccccc2Cl)c1C. The average Bonchev–Trinajstić information content (AvgIpc) is 2.82. The molecule has 1 aromatic carbocycles. The van der Waals surface area contributed by atoms with Crippen molar-refractivity contribution < 1.29 is 0 Å². The quantitative estimate of drug-likeness (QED) is 0.359. The van der Waals surface area contributed by atoms with Crippen molar-refractivity contribution in [3.8, 4) is 0 Å². The molecule has 1 heterocycles. The summed E-state index contributed by atoms with van der Waals surface area (Å²) in [6, 6.07) is 7.76. The standard InChI is InChI=1S/C17H20ClN5S/c1-4-9-19-17(24)21-20-10-15-12(2)22-23(13(15)3)11-14-7-5-6-8-16(14)18/h4-8,10H,1,9,11H2,2-3H3,(H2,19,21,24)/b20-10-. The van der Waals surface area contributed by atoms with Crippen LogP contribution in [0.3, 0.4) is 0 Å². The second kappa shape index (κ2) is 8.61. The third-order valence-corrected chi connectivity index (χ3v) is 4.09. The fourth-order valence-electron chi connectivity index (χ4n) is 2.20. The van der Waals surface area contributed by atoms with E-state index in [0.717, 1.165) is 27.5 Å². The highest BCUT2D eigenvalue weighted by Crippen LogP contribution is 2.18. The maximum Gasteiger partial charge on any atom is 0.187 e. The second-order valence-corrected chi connectivity index (χ2v) is 6.02. The summed E-state index contributed by atoms with van der Waals surface area (Å²) < 4.78 is 1.92. The number of thiocarbonyl (C=S) groups is 1. The molecule has 0 radical (unpaired) electrons. The Morgan fingerprint density at radius 3 is 2.88 bits per heavy atom. The molecule has 0 unspecified atom stereocenters. The molecule has 0 fully saturated rings. The number of rotatable bonds is 6. The number of hydrogen-bond donors (Lipinski definition) is 2. The van der Waals surface area contributed by atoms with Gasteiger partial charge in [0.1, 0.15) is 0 Å². The number of benzene rings is 1. The van der Waals surface area contributed by atoms with Crippen molar-refractivity contribution in [1.29, 1.82) is 0 Å². The van der Waals surface area contributed by atoms with Crippen LogP contribution >= 0.6 is 23.8 Å². The summed E-state index contributed by atoms with van der Waals surface area (Å²) in [5.41, 5.74) is 6.68. The maximum atomic E-state index is 6.23. The van der Waals surface area contributed by atoms with Gasteiger partial charge in [-0.05, 0) is 37.7 Å². The monoisotopic (exact) mass is 361 g/mol. The molecular weight excluding hydrogens is 342 g/mol. The number of hydrazone groups is 1. The predicted molar refractivity (Wildman–Crippen MR) is 104 cm³/mol. The molecule has 0 bridgehead atoms. The van der Waals surface area contributed by atoms with Gasteiger partial charge in [0.05, 0.1) is 18.5 Å². The van der Waals surface area contributed by atoms with Crippen LogP contribution < -0.4 is 10.7 Å². The van der Waals surface area contributed by atoms with E-state index < -0.39 is 0 Å². The minimum Gasteiger partial charge on any atom is -0.358 e. The predicted octanol–water partition coefficient (Wildman–Crippen LogP) is 3.19. The molecule has 0 spiro atoms. The third kappa shape index (κ3) is 4.66. The molecule has 126 valence electrons. The number of halogens is 1. The van der Waals surface area contributed by atoms with E-state index in [9.17, 15) is 0 Å². The number of nitrogens with zero attached hydrogens (tertiary/aromatic N) is 3. The van der Waals surface area contributed by atoms with Crippen molar-refractivity contribution in [2.24, 2.45) is 5.10 Å². The smallest absolute Gasteiger partial charge is 0.187 e. The van der Waals surface area contributed by atoms with Crippen molar-refractivity contribution in [3.63, 3.8) is 0 Å². The van der Waals surface area contributed by atoms with Crippen molar-refractivity contribution in [3.05, 3.63) is 64.5 Å². The first kappa shape index (κ1) is 18.2. The van der Waals surface area contributed by atoms with Crippen LogP contribution in [-0.4, -0.2) is 27.7 Å². The van der Waals surface area contributed by atoms with Crippen LogP contribution in [-0.2, 0) is 6.54 Å². The Bertz CT molecular complexity index is 766. The molecule has 5 nitrogen and oxygen atoms in total. The normalized spacial score (nSPS) is 10.8. The zero-order valence-electron chi connectivity index (χ0n) is 13.7. The van der Waals surface area contributed by atoms with Gasteiger partial charge in [-0.25, -0.2) is 0 Å². The Hall–Kier alpha value is -2.18. The van der Waals surface area contributed by atoms with E-state index in [1.54, 1.807) is 12.3 Å². The average molecular weight is 362 g/mol. The third-order valence-electron chi connectivity index (χ3n) is 3.48. The summed E-state index contributed by atoms with van der Waals surface area (Å²) >= 11 is 11.3. The second-order valence-electron chi connectivity index (χ2n) is 5.20. The van der Waals surface area contributed by atoms with Crippen molar-refractivity contribution in [1.82, 2.24) is 20.5 Å². The van der Waals surface area contributed by atoms with Gasteiger partial charge in [0.2, 0.25) is 0 Å². The first-order valence-electron chi connectivity index (χ1n) is 7.48. The summed E-state index contributed by atoms with van der Waals surface area (Å²) in [6.07, 6.45) is 3.45. The van der Waals surface area contributed by atoms with E-state index in [2.05, 4.69) is 27.5 Å². The minimum atomic E-state index is 0.449. The largest absolute Gasteiger partial charge is 0.358 e. The Kier molecular flexibility index (Phi) is 6.52. The Labute approximate surface area is 152 Å². The summed E-state index contributed by atoms with van der Waals surface area (Å²) in [7, 11) is 0. The number of aryl methyl sites for hydroxylation is 1. The molecule has 24 heavy (non-hydrogen) atoms.